The molecule has 21 heavy (non-hydrogen) atoms. The Hall–Kier alpha value is -0.610. The highest BCUT2D eigenvalue weighted by Crippen LogP contribution is 2.45. The summed E-state index contributed by atoms with van der Waals surface area (Å²) in [5, 5.41) is 11.5. The van der Waals surface area contributed by atoms with Gasteiger partial charge in [0.25, 0.3) is 0 Å². The summed E-state index contributed by atoms with van der Waals surface area (Å²) < 4.78 is 0. The van der Waals surface area contributed by atoms with E-state index >= 15 is 0 Å². The lowest BCUT2D eigenvalue weighted by molar-refractivity contribution is 0.102. The summed E-state index contributed by atoms with van der Waals surface area (Å²) in [5.74, 6) is 0.742. The van der Waals surface area contributed by atoms with Crippen molar-refractivity contribution in [2.45, 2.75) is 71.4 Å². The molecule has 1 N–H and O–H groups in total. The van der Waals surface area contributed by atoms with Gasteiger partial charge in [-0.2, -0.15) is 0 Å². The van der Waals surface area contributed by atoms with Crippen LogP contribution in [0.25, 0.3) is 0 Å². The highest BCUT2D eigenvalue weighted by Gasteiger charge is 2.35. The zero-order valence-electron chi connectivity index (χ0n) is 13.7. The van der Waals surface area contributed by atoms with Crippen LogP contribution in [0.1, 0.15) is 69.6 Å². The van der Waals surface area contributed by atoms with Gasteiger partial charge in [0.1, 0.15) is 0 Å². The Bertz CT molecular complexity index is 511. The summed E-state index contributed by atoms with van der Waals surface area (Å²) in [5.41, 5.74) is 1.29. The second-order valence-corrected chi connectivity index (χ2v) is 8.82. The first-order valence-corrected chi connectivity index (χ1v) is 9.09. The maximum absolute atomic E-state index is 10.4. The first-order chi connectivity index (χ1) is 9.87. The van der Waals surface area contributed by atoms with E-state index in [0.717, 1.165) is 34.5 Å². The molecule has 1 fully saturated rings. The van der Waals surface area contributed by atoms with Crippen LogP contribution in [-0.2, 0) is 6.42 Å². The quantitative estimate of drug-likeness (QED) is 0.891. The van der Waals surface area contributed by atoms with Crippen molar-refractivity contribution >= 4 is 16.5 Å². The van der Waals surface area contributed by atoms with Crippen molar-refractivity contribution in [3.05, 3.63) is 10.6 Å². The van der Waals surface area contributed by atoms with Crippen LogP contribution < -0.4 is 4.90 Å². The van der Waals surface area contributed by atoms with Gasteiger partial charge in [-0.3, -0.25) is 0 Å². The standard InChI is InChI=1S/C17H28N2OS/c1-11-7-5-6-8-13(11)19(4)16-18-12-9-17(2,3)10-14(20)15(12)21-16/h11,13-14,20H,5-10H2,1-4H3. The Labute approximate surface area is 132 Å². The van der Waals surface area contributed by atoms with Gasteiger partial charge in [0, 0.05) is 13.1 Å². The number of hydrogen-bond donors (Lipinski definition) is 1. The number of thiazole rings is 1. The summed E-state index contributed by atoms with van der Waals surface area (Å²) in [6, 6.07) is 0.608. The molecule has 0 spiro atoms. The van der Waals surface area contributed by atoms with Gasteiger partial charge in [0.2, 0.25) is 0 Å². The van der Waals surface area contributed by atoms with E-state index in [0.29, 0.717) is 6.04 Å². The number of nitrogens with zero attached hydrogens (tertiary/aromatic N) is 2. The Balaban J connectivity index is 1.84. The lowest BCUT2D eigenvalue weighted by Gasteiger charge is -2.36. The zero-order valence-corrected chi connectivity index (χ0v) is 14.5. The minimum atomic E-state index is -0.327. The Morgan fingerprint density at radius 2 is 2.00 bits per heavy atom. The third kappa shape index (κ3) is 2.98. The summed E-state index contributed by atoms with van der Waals surface area (Å²) >= 11 is 1.71. The molecule has 2 aliphatic carbocycles. The van der Waals surface area contributed by atoms with Crippen LogP contribution in [-0.4, -0.2) is 23.2 Å². The lowest BCUT2D eigenvalue weighted by atomic mass is 9.77. The van der Waals surface area contributed by atoms with Crippen molar-refractivity contribution in [3.8, 4) is 0 Å². The SMILES string of the molecule is CC1CCCCC1N(C)c1nc2c(s1)C(O)CC(C)(C)C2. The molecule has 3 atom stereocenters. The smallest absolute Gasteiger partial charge is 0.185 e. The zero-order chi connectivity index (χ0) is 15.2. The molecule has 0 aromatic carbocycles. The van der Waals surface area contributed by atoms with Crippen molar-refractivity contribution < 1.29 is 5.11 Å². The van der Waals surface area contributed by atoms with Gasteiger partial charge >= 0.3 is 0 Å². The first kappa shape index (κ1) is 15.3. The Morgan fingerprint density at radius 3 is 2.71 bits per heavy atom. The van der Waals surface area contributed by atoms with Crippen molar-refractivity contribution in [1.29, 1.82) is 0 Å². The normalized spacial score (nSPS) is 31.8. The van der Waals surface area contributed by atoms with Gasteiger partial charge in [-0.15, -0.1) is 0 Å². The van der Waals surface area contributed by atoms with Gasteiger partial charge in [-0.05, 0) is 37.0 Å². The Morgan fingerprint density at radius 1 is 1.29 bits per heavy atom. The van der Waals surface area contributed by atoms with Crippen LogP contribution in [0.3, 0.4) is 0 Å². The van der Waals surface area contributed by atoms with E-state index in [2.05, 4.69) is 32.7 Å². The average molecular weight is 308 g/mol. The van der Waals surface area contributed by atoms with Crippen LogP contribution in [0, 0.1) is 11.3 Å². The molecule has 0 radical (unpaired) electrons. The third-order valence-corrected chi connectivity index (χ3v) is 6.57. The van der Waals surface area contributed by atoms with E-state index in [1.807, 2.05) is 0 Å². The molecular weight excluding hydrogens is 280 g/mol. The van der Waals surface area contributed by atoms with Crippen LogP contribution in [0.5, 0.6) is 0 Å². The lowest BCUT2D eigenvalue weighted by Crippen LogP contribution is -2.38. The largest absolute Gasteiger partial charge is 0.387 e. The monoisotopic (exact) mass is 308 g/mol. The molecule has 4 heteroatoms. The second kappa shape index (κ2) is 5.54. The molecule has 3 rings (SSSR count). The van der Waals surface area contributed by atoms with Crippen molar-refractivity contribution in [1.82, 2.24) is 4.98 Å². The van der Waals surface area contributed by atoms with E-state index in [4.69, 9.17) is 4.98 Å². The minimum Gasteiger partial charge on any atom is -0.387 e. The van der Waals surface area contributed by atoms with Gasteiger partial charge in [0.05, 0.1) is 16.7 Å². The second-order valence-electron chi connectivity index (χ2n) is 7.81. The molecule has 0 bridgehead atoms. The molecule has 1 saturated carbocycles. The van der Waals surface area contributed by atoms with Crippen molar-refractivity contribution in [3.63, 3.8) is 0 Å². The number of aliphatic hydroxyl groups is 1. The highest BCUT2D eigenvalue weighted by atomic mass is 32.1. The number of rotatable bonds is 2. The fourth-order valence-corrected chi connectivity index (χ4v) is 5.13. The average Bonchev–Trinajstić information content (AvgIpc) is 2.81. The predicted molar refractivity (Wildman–Crippen MR) is 89.0 cm³/mol. The molecular formula is C17H28N2OS. The summed E-state index contributed by atoms with van der Waals surface area (Å²) in [6.07, 6.45) is 6.82. The van der Waals surface area contributed by atoms with Gasteiger partial charge in [-0.25, -0.2) is 4.98 Å². The fourth-order valence-electron chi connectivity index (χ4n) is 4.04. The highest BCUT2D eigenvalue weighted by molar-refractivity contribution is 7.15. The number of anilines is 1. The number of fused-ring (bicyclic) bond motifs is 1. The van der Waals surface area contributed by atoms with E-state index in [1.54, 1.807) is 11.3 Å². The van der Waals surface area contributed by atoms with E-state index in [-0.39, 0.29) is 11.5 Å². The third-order valence-electron chi connectivity index (χ3n) is 5.28. The van der Waals surface area contributed by atoms with Gasteiger partial charge < -0.3 is 10.0 Å². The molecule has 0 amide bonds. The van der Waals surface area contributed by atoms with Crippen molar-refractivity contribution in [2.75, 3.05) is 11.9 Å². The minimum absolute atomic E-state index is 0.161. The fraction of sp³-hybridized carbons (Fsp3) is 0.824. The van der Waals surface area contributed by atoms with E-state index < -0.39 is 0 Å². The molecule has 0 saturated heterocycles. The summed E-state index contributed by atoms with van der Waals surface area (Å²) in [7, 11) is 2.19. The van der Waals surface area contributed by atoms with Crippen LogP contribution in [0.15, 0.2) is 0 Å². The van der Waals surface area contributed by atoms with Crippen LogP contribution in [0.2, 0.25) is 0 Å². The number of hydrogen-bond acceptors (Lipinski definition) is 4. The molecule has 0 aliphatic heterocycles. The van der Waals surface area contributed by atoms with Crippen LogP contribution >= 0.6 is 11.3 Å². The molecule has 2 aliphatic rings. The van der Waals surface area contributed by atoms with Gasteiger partial charge in [0.15, 0.2) is 5.13 Å². The molecule has 1 aromatic heterocycles. The molecule has 3 unspecified atom stereocenters. The topological polar surface area (TPSA) is 36.4 Å². The van der Waals surface area contributed by atoms with E-state index in [1.165, 1.54) is 25.7 Å². The molecule has 1 heterocycles. The summed E-state index contributed by atoms with van der Waals surface area (Å²) in [4.78, 5) is 8.38. The molecule has 3 nitrogen and oxygen atoms in total. The summed E-state index contributed by atoms with van der Waals surface area (Å²) in [6.45, 7) is 6.82. The predicted octanol–water partition coefficient (Wildman–Crippen LogP) is 4.16. The van der Waals surface area contributed by atoms with Gasteiger partial charge in [-0.1, -0.05) is 44.9 Å². The maximum Gasteiger partial charge on any atom is 0.185 e. The molecule has 1 aromatic rings. The number of aliphatic hydroxyl groups excluding tert-OH is 1. The Kier molecular flexibility index (Phi) is 4.04. The van der Waals surface area contributed by atoms with Crippen molar-refractivity contribution in [2.24, 2.45) is 11.3 Å². The van der Waals surface area contributed by atoms with E-state index in [9.17, 15) is 5.11 Å². The van der Waals surface area contributed by atoms with Crippen LogP contribution in [0.4, 0.5) is 5.13 Å². The first-order valence-electron chi connectivity index (χ1n) is 8.28. The number of aromatic nitrogens is 1. The molecule has 118 valence electrons. The maximum atomic E-state index is 10.4.